The molecule has 0 radical (unpaired) electrons. The van der Waals surface area contributed by atoms with Gasteiger partial charge in [0.15, 0.2) is 0 Å². The van der Waals surface area contributed by atoms with E-state index in [4.69, 9.17) is 16.3 Å². The van der Waals surface area contributed by atoms with Gasteiger partial charge in [-0.25, -0.2) is 4.39 Å². The predicted molar refractivity (Wildman–Crippen MR) is 83.1 cm³/mol. The van der Waals surface area contributed by atoms with Gasteiger partial charge in [0.2, 0.25) is 0 Å². The minimum atomic E-state index is -0.389. The van der Waals surface area contributed by atoms with Crippen LogP contribution in [-0.4, -0.2) is 7.05 Å². The first kappa shape index (κ1) is 15.3. The van der Waals surface area contributed by atoms with Crippen LogP contribution in [0.5, 0.6) is 11.5 Å². The fourth-order valence-electron chi connectivity index (χ4n) is 1.79. The molecule has 0 spiro atoms. The quantitative estimate of drug-likeness (QED) is 0.799. The molecule has 2 aromatic rings. The molecule has 2 nitrogen and oxygen atoms in total. The molecule has 0 heterocycles. The Morgan fingerprint density at radius 3 is 2.60 bits per heavy atom. The van der Waals surface area contributed by atoms with E-state index in [2.05, 4.69) is 21.2 Å². The molecule has 0 bridgehead atoms. The van der Waals surface area contributed by atoms with E-state index >= 15 is 0 Å². The highest BCUT2D eigenvalue weighted by Gasteiger charge is 2.13. The lowest BCUT2D eigenvalue weighted by atomic mass is 10.1. The highest BCUT2D eigenvalue weighted by atomic mass is 79.9. The van der Waals surface area contributed by atoms with Gasteiger partial charge in [-0.2, -0.15) is 0 Å². The van der Waals surface area contributed by atoms with Crippen molar-refractivity contribution in [3.63, 3.8) is 0 Å². The molecule has 0 saturated heterocycles. The van der Waals surface area contributed by atoms with Crippen molar-refractivity contribution in [2.45, 2.75) is 13.0 Å². The van der Waals surface area contributed by atoms with Gasteiger partial charge in [-0.15, -0.1) is 0 Å². The molecule has 1 unspecified atom stereocenters. The molecule has 2 aromatic carbocycles. The second kappa shape index (κ2) is 6.57. The van der Waals surface area contributed by atoms with Crippen molar-refractivity contribution in [1.29, 1.82) is 0 Å². The maximum Gasteiger partial charge on any atom is 0.146 e. The Morgan fingerprint density at radius 1 is 1.20 bits per heavy atom. The Kier molecular flexibility index (Phi) is 5.02. The number of ether oxygens (including phenoxy) is 1. The molecule has 1 atom stereocenters. The first-order valence-corrected chi connectivity index (χ1v) is 7.28. The Balaban J connectivity index is 2.39. The van der Waals surface area contributed by atoms with Gasteiger partial charge in [-0.05, 0) is 44.3 Å². The van der Waals surface area contributed by atoms with Crippen LogP contribution in [0.1, 0.15) is 18.5 Å². The van der Waals surface area contributed by atoms with E-state index in [1.54, 1.807) is 0 Å². The number of halogens is 3. The van der Waals surface area contributed by atoms with Crippen LogP contribution in [0.15, 0.2) is 40.9 Å². The van der Waals surface area contributed by atoms with Gasteiger partial charge in [-0.3, -0.25) is 0 Å². The summed E-state index contributed by atoms with van der Waals surface area (Å²) < 4.78 is 19.8. The van der Waals surface area contributed by atoms with Crippen molar-refractivity contribution in [3.05, 3.63) is 57.3 Å². The van der Waals surface area contributed by atoms with Crippen LogP contribution < -0.4 is 10.1 Å². The molecule has 106 valence electrons. The first-order chi connectivity index (χ1) is 9.51. The molecule has 2 rings (SSSR count). The molecule has 5 heteroatoms. The van der Waals surface area contributed by atoms with Gasteiger partial charge in [0.05, 0.1) is 5.02 Å². The van der Waals surface area contributed by atoms with Gasteiger partial charge < -0.3 is 10.1 Å². The SMILES string of the molecule is CNC(C)c1ccc(Br)cc1Oc1ccc(F)cc1Cl. The van der Waals surface area contributed by atoms with Crippen molar-refractivity contribution in [2.24, 2.45) is 0 Å². The van der Waals surface area contributed by atoms with E-state index in [1.807, 2.05) is 32.2 Å². The number of hydrogen-bond acceptors (Lipinski definition) is 2. The molecule has 0 aliphatic heterocycles. The molecular formula is C15H14BrClFNO. The lowest BCUT2D eigenvalue weighted by molar-refractivity contribution is 0.464. The molecule has 1 N–H and O–H groups in total. The van der Waals surface area contributed by atoms with Crippen LogP contribution in [0.4, 0.5) is 4.39 Å². The van der Waals surface area contributed by atoms with Gasteiger partial charge in [0.25, 0.3) is 0 Å². The van der Waals surface area contributed by atoms with Crippen LogP contribution in [0, 0.1) is 5.82 Å². The summed E-state index contributed by atoms with van der Waals surface area (Å²) in [6, 6.07) is 9.98. The number of rotatable bonds is 4. The highest BCUT2D eigenvalue weighted by Crippen LogP contribution is 2.35. The molecule has 0 aliphatic rings. The molecular weight excluding hydrogens is 345 g/mol. The Labute approximate surface area is 131 Å². The summed E-state index contributed by atoms with van der Waals surface area (Å²) in [5.74, 6) is 0.714. The predicted octanol–water partition coefficient (Wildman–Crippen LogP) is 5.31. The smallest absolute Gasteiger partial charge is 0.146 e. The van der Waals surface area contributed by atoms with Crippen LogP contribution in [-0.2, 0) is 0 Å². The summed E-state index contributed by atoms with van der Waals surface area (Å²) in [6.07, 6.45) is 0. The van der Waals surface area contributed by atoms with Crippen LogP contribution >= 0.6 is 27.5 Å². The molecule has 0 amide bonds. The van der Waals surface area contributed by atoms with E-state index in [0.29, 0.717) is 11.5 Å². The maximum atomic E-state index is 13.1. The second-order valence-corrected chi connectivity index (χ2v) is 5.69. The summed E-state index contributed by atoms with van der Waals surface area (Å²) in [7, 11) is 1.88. The van der Waals surface area contributed by atoms with Gasteiger partial charge >= 0.3 is 0 Å². The zero-order valence-electron chi connectivity index (χ0n) is 11.1. The lowest BCUT2D eigenvalue weighted by Gasteiger charge is -2.17. The Bertz CT molecular complexity index is 621. The summed E-state index contributed by atoms with van der Waals surface area (Å²) in [4.78, 5) is 0. The third kappa shape index (κ3) is 3.51. The van der Waals surface area contributed by atoms with Crippen molar-refractivity contribution in [2.75, 3.05) is 7.05 Å². The monoisotopic (exact) mass is 357 g/mol. The Hall–Kier alpha value is -1.10. The van der Waals surface area contributed by atoms with Gasteiger partial charge in [-0.1, -0.05) is 33.6 Å². The largest absolute Gasteiger partial charge is 0.455 e. The van der Waals surface area contributed by atoms with Crippen molar-refractivity contribution in [1.82, 2.24) is 5.32 Å². The summed E-state index contributed by atoms with van der Waals surface area (Å²) in [5, 5.41) is 3.41. The van der Waals surface area contributed by atoms with Crippen LogP contribution in [0.3, 0.4) is 0 Å². The average Bonchev–Trinajstić information content (AvgIpc) is 2.41. The fraction of sp³-hybridized carbons (Fsp3) is 0.200. The fourth-order valence-corrected chi connectivity index (χ4v) is 2.33. The summed E-state index contributed by atoms with van der Waals surface area (Å²) >= 11 is 9.41. The zero-order chi connectivity index (χ0) is 14.7. The molecule has 0 aliphatic carbocycles. The third-order valence-corrected chi connectivity index (χ3v) is 3.78. The minimum absolute atomic E-state index is 0.123. The van der Waals surface area contributed by atoms with Crippen molar-refractivity contribution >= 4 is 27.5 Å². The highest BCUT2D eigenvalue weighted by molar-refractivity contribution is 9.10. The summed E-state index contributed by atoms with van der Waals surface area (Å²) in [6.45, 7) is 2.03. The van der Waals surface area contributed by atoms with E-state index in [9.17, 15) is 4.39 Å². The molecule has 0 saturated carbocycles. The first-order valence-electron chi connectivity index (χ1n) is 6.11. The molecule has 0 fully saturated rings. The lowest BCUT2D eigenvalue weighted by Crippen LogP contribution is -2.13. The number of benzene rings is 2. The molecule has 0 aromatic heterocycles. The van der Waals surface area contributed by atoms with Crippen LogP contribution in [0.25, 0.3) is 0 Å². The maximum absolute atomic E-state index is 13.1. The topological polar surface area (TPSA) is 21.3 Å². The molecule has 20 heavy (non-hydrogen) atoms. The van der Waals surface area contributed by atoms with E-state index in [-0.39, 0.29) is 16.9 Å². The van der Waals surface area contributed by atoms with Gasteiger partial charge in [0, 0.05) is 16.1 Å². The minimum Gasteiger partial charge on any atom is -0.455 e. The van der Waals surface area contributed by atoms with E-state index < -0.39 is 0 Å². The van der Waals surface area contributed by atoms with Crippen molar-refractivity contribution in [3.8, 4) is 11.5 Å². The second-order valence-electron chi connectivity index (χ2n) is 4.37. The zero-order valence-corrected chi connectivity index (χ0v) is 13.4. The Morgan fingerprint density at radius 2 is 1.95 bits per heavy atom. The normalized spacial score (nSPS) is 12.2. The van der Waals surface area contributed by atoms with E-state index in [0.717, 1.165) is 10.0 Å². The third-order valence-electron chi connectivity index (χ3n) is 2.99. The number of hydrogen-bond donors (Lipinski definition) is 1. The van der Waals surface area contributed by atoms with Crippen LogP contribution in [0.2, 0.25) is 5.02 Å². The van der Waals surface area contributed by atoms with E-state index in [1.165, 1.54) is 18.2 Å². The average molecular weight is 359 g/mol. The standard InChI is InChI=1S/C15H14BrClFNO/c1-9(19-2)12-5-3-10(16)7-15(12)20-14-6-4-11(18)8-13(14)17/h3-9,19H,1-2H3. The van der Waals surface area contributed by atoms with Crippen molar-refractivity contribution < 1.29 is 9.13 Å². The van der Waals surface area contributed by atoms with Gasteiger partial charge in [0.1, 0.15) is 17.3 Å². The number of nitrogens with one attached hydrogen (secondary N) is 1. The summed E-state index contributed by atoms with van der Waals surface area (Å²) in [5.41, 5.74) is 0.996.